The molecule has 24 heavy (non-hydrogen) atoms. The molecule has 4 rings (SSSR count). The third-order valence-corrected chi connectivity index (χ3v) is 5.14. The van der Waals surface area contributed by atoms with Gasteiger partial charge in [0, 0.05) is 31.9 Å². The van der Waals surface area contributed by atoms with Crippen LogP contribution in [0.15, 0.2) is 47.3 Å². The van der Waals surface area contributed by atoms with Gasteiger partial charge in [0.25, 0.3) is 0 Å². The third-order valence-electron chi connectivity index (χ3n) is 5.14. The van der Waals surface area contributed by atoms with Crippen LogP contribution in [-0.4, -0.2) is 41.3 Å². The van der Waals surface area contributed by atoms with Gasteiger partial charge in [-0.25, -0.2) is 0 Å². The molecule has 0 bridgehead atoms. The SMILES string of the molecule is c1coc(CN2CCC3(CC2)C[C@@H](OCc2ccncc2)CO3)c1. The van der Waals surface area contributed by atoms with Crippen molar-refractivity contribution in [3.05, 3.63) is 54.2 Å². The summed E-state index contributed by atoms with van der Waals surface area (Å²) in [7, 11) is 0. The molecule has 2 saturated heterocycles. The minimum atomic E-state index is 0.0164. The standard InChI is InChI=1S/C19H24N2O3/c1-2-17(22-11-1)13-21-9-5-19(6-10-21)12-18(15-24-19)23-14-16-3-7-20-8-4-16/h1-4,7-8,11,18H,5-6,9-10,12-15H2/t18-/m1/s1. The van der Waals surface area contributed by atoms with Crippen LogP contribution < -0.4 is 0 Å². The summed E-state index contributed by atoms with van der Waals surface area (Å²) in [5, 5.41) is 0. The molecule has 0 N–H and O–H groups in total. The fraction of sp³-hybridized carbons (Fsp3) is 0.526. The molecule has 5 heteroatoms. The van der Waals surface area contributed by atoms with Gasteiger partial charge in [0.2, 0.25) is 0 Å². The highest BCUT2D eigenvalue weighted by Crippen LogP contribution is 2.37. The lowest BCUT2D eigenvalue weighted by Gasteiger charge is -2.38. The molecule has 0 aromatic carbocycles. The maximum atomic E-state index is 6.18. The normalized spacial score (nSPS) is 23.8. The van der Waals surface area contributed by atoms with E-state index in [1.54, 1.807) is 18.7 Å². The molecule has 2 aliphatic heterocycles. The maximum Gasteiger partial charge on any atom is 0.117 e. The van der Waals surface area contributed by atoms with E-state index in [4.69, 9.17) is 13.9 Å². The molecule has 2 aromatic heterocycles. The van der Waals surface area contributed by atoms with E-state index in [1.165, 1.54) is 5.56 Å². The predicted octanol–water partition coefficient (Wildman–Crippen LogP) is 3.01. The summed E-state index contributed by atoms with van der Waals surface area (Å²) in [5.41, 5.74) is 1.18. The molecule has 4 heterocycles. The summed E-state index contributed by atoms with van der Waals surface area (Å²) in [6.07, 6.45) is 8.71. The molecule has 0 saturated carbocycles. The molecular weight excluding hydrogens is 304 g/mol. The van der Waals surface area contributed by atoms with E-state index < -0.39 is 0 Å². The van der Waals surface area contributed by atoms with Crippen LogP contribution in [0.4, 0.5) is 0 Å². The molecular formula is C19H24N2O3. The number of likely N-dealkylation sites (tertiary alicyclic amines) is 1. The van der Waals surface area contributed by atoms with Gasteiger partial charge in [-0.05, 0) is 42.7 Å². The van der Waals surface area contributed by atoms with Crippen LogP contribution in [0.3, 0.4) is 0 Å². The first-order valence-electron chi connectivity index (χ1n) is 8.71. The molecule has 0 amide bonds. The Labute approximate surface area is 142 Å². The Balaban J connectivity index is 1.24. The zero-order valence-corrected chi connectivity index (χ0v) is 13.9. The smallest absolute Gasteiger partial charge is 0.117 e. The molecule has 2 fully saturated rings. The number of ether oxygens (including phenoxy) is 2. The lowest BCUT2D eigenvalue weighted by molar-refractivity contribution is -0.0476. The zero-order chi connectivity index (χ0) is 16.2. The van der Waals surface area contributed by atoms with Crippen LogP contribution >= 0.6 is 0 Å². The van der Waals surface area contributed by atoms with Crippen molar-refractivity contribution >= 4 is 0 Å². The van der Waals surface area contributed by atoms with Gasteiger partial charge in [0.1, 0.15) is 5.76 Å². The number of aromatic nitrogens is 1. The molecule has 1 atom stereocenters. The van der Waals surface area contributed by atoms with Gasteiger partial charge < -0.3 is 13.9 Å². The highest BCUT2D eigenvalue weighted by molar-refractivity contribution is 5.08. The van der Waals surface area contributed by atoms with Crippen LogP contribution in [0.5, 0.6) is 0 Å². The van der Waals surface area contributed by atoms with E-state index in [9.17, 15) is 0 Å². The summed E-state index contributed by atoms with van der Waals surface area (Å²) in [6.45, 7) is 4.35. The Bertz CT molecular complexity index is 621. The van der Waals surface area contributed by atoms with Crippen molar-refractivity contribution < 1.29 is 13.9 Å². The third kappa shape index (κ3) is 3.69. The molecule has 0 aliphatic carbocycles. The number of piperidine rings is 1. The van der Waals surface area contributed by atoms with Gasteiger partial charge in [0.15, 0.2) is 0 Å². The average Bonchev–Trinajstić information content (AvgIpc) is 3.27. The van der Waals surface area contributed by atoms with Gasteiger partial charge in [-0.2, -0.15) is 0 Å². The molecule has 0 unspecified atom stereocenters. The second-order valence-corrected chi connectivity index (χ2v) is 6.84. The van der Waals surface area contributed by atoms with E-state index >= 15 is 0 Å². The minimum Gasteiger partial charge on any atom is -0.468 e. The van der Waals surface area contributed by atoms with Crippen molar-refractivity contribution in [3.63, 3.8) is 0 Å². The summed E-state index contributed by atoms with van der Waals surface area (Å²) < 4.78 is 17.7. The predicted molar refractivity (Wildman–Crippen MR) is 89.3 cm³/mol. The monoisotopic (exact) mass is 328 g/mol. The quantitative estimate of drug-likeness (QED) is 0.844. The lowest BCUT2D eigenvalue weighted by Crippen LogP contribution is -2.43. The van der Waals surface area contributed by atoms with Gasteiger partial charge in [-0.1, -0.05) is 0 Å². The van der Waals surface area contributed by atoms with E-state index in [-0.39, 0.29) is 11.7 Å². The first-order valence-corrected chi connectivity index (χ1v) is 8.71. The summed E-state index contributed by atoms with van der Waals surface area (Å²) >= 11 is 0. The van der Waals surface area contributed by atoms with Gasteiger partial charge in [-0.3, -0.25) is 9.88 Å². The van der Waals surface area contributed by atoms with Gasteiger partial charge in [0.05, 0.1) is 37.7 Å². The number of hydrogen-bond donors (Lipinski definition) is 0. The van der Waals surface area contributed by atoms with E-state index in [0.29, 0.717) is 13.2 Å². The summed E-state index contributed by atoms with van der Waals surface area (Å²) in [6, 6.07) is 7.99. The largest absolute Gasteiger partial charge is 0.468 e. The molecule has 2 aromatic rings. The van der Waals surface area contributed by atoms with Crippen LogP contribution in [0.1, 0.15) is 30.6 Å². The molecule has 0 radical (unpaired) electrons. The Hall–Kier alpha value is -1.69. The first-order chi connectivity index (χ1) is 11.8. The van der Waals surface area contributed by atoms with E-state index in [0.717, 1.165) is 44.7 Å². The molecule has 5 nitrogen and oxygen atoms in total. The van der Waals surface area contributed by atoms with Crippen LogP contribution in [-0.2, 0) is 22.6 Å². The number of nitrogens with zero attached hydrogens (tertiary/aromatic N) is 2. The van der Waals surface area contributed by atoms with Crippen molar-refractivity contribution in [2.75, 3.05) is 19.7 Å². The second-order valence-electron chi connectivity index (χ2n) is 6.84. The van der Waals surface area contributed by atoms with Gasteiger partial charge >= 0.3 is 0 Å². The second kappa shape index (κ2) is 7.05. The molecule has 1 spiro atoms. The lowest BCUT2D eigenvalue weighted by atomic mass is 9.88. The van der Waals surface area contributed by atoms with Crippen LogP contribution in [0, 0.1) is 0 Å². The highest BCUT2D eigenvalue weighted by Gasteiger charge is 2.43. The van der Waals surface area contributed by atoms with Crippen molar-refractivity contribution in [1.29, 1.82) is 0 Å². The topological polar surface area (TPSA) is 47.7 Å². The van der Waals surface area contributed by atoms with Crippen molar-refractivity contribution in [2.24, 2.45) is 0 Å². The van der Waals surface area contributed by atoms with E-state index in [1.807, 2.05) is 24.3 Å². The fourth-order valence-corrected chi connectivity index (χ4v) is 3.69. The van der Waals surface area contributed by atoms with Crippen molar-refractivity contribution in [3.8, 4) is 0 Å². The molecule has 128 valence electrons. The van der Waals surface area contributed by atoms with Crippen LogP contribution in [0.25, 0.3) is 0 Å². The average molecular weight is 328 g/mol. The number of hydrogen-bond acceptors (Lipinski definition) is 5. The van der Waals surface area contributed by atoms with Crippen LogP contribution in [0.2, 0.25) is 0 Å². The Morgan fingerprint density at radius 1 is 1.21 bits per heavy atom. The number of pyridine rings is 1. The highest BCUT2D eigenvalue weighted by atomic mass is 16.6. The summed E-state index contributed by atoms with van der Waals surface area (Å²) in [4.78, 5) is 6.48. The summed E-state index contributed by atoms with van der Waals surface area (Å²) in [5.74, 6) is 1.04. The van der Waals surface area contributed by atoms with Crippen molar-refractivity contribution in [1.82, 2.24) is 9.88 Å². The maximum absolute atomic E-state index is 6.18. The Morgan fingerprint density at radius 3 is 2.79 bits per heavy atom. The number of rotatable bonds is 5. The zero-order valence-electron chi connectivity index (χ0n) is 13.9. The first kappa shape index (κ1) is 15.8. The van der Waals surface area contributed by atoms with Gasteiger partial charge in [-0.15, -0.1) is 0 Å². The molecule has 2 aliphatic rings. The van der Waals surface area contributed by atoms with E-state index in [2.05, 4.69) is 9.88 Å². The fourth-order valence-electron chi connectivity index (χ4n) is 3.69. The Morgan fingerprint density at radius 2 is 2.04 bits per heavy atom. The van der Waals surface area contributed by atoms with Crippen molar-refractivity contribution in [2.45, 2.75) is 44.1 Å². The number of furan rings is 1. The minimum absolute atomic E-state index is 0.0164. The Kier molecular flexibility index (Phi) is 4.65.